The van der Waals surface area contributed by atoms with E-state index in [9.17, 15) is 9.90 Å². The molecule has 7 nitrogen and oxygen atoms in total. The first-order valence-electron chi connectivity index (χ1n) is 6.88. The Morgan fingerprint density at radius 2 is 2.29 bits per heavy atom. The summed E-state index contributed by atoms with van der Waals surface area (Å²) in [6.07, 6.45) is 2.53. The van der Waals surface area contributed by atoms with Crippen molar-refractivity contribution in [2.75, 3.05) is 18.0 Å². The van der Waals surface area contributed by atoms with E-state index in [1.54, 1.807) is 19.2 Å². The average molecular weight is 287 g/mol. The zero-order valence-electron chi connectivity index (χ0n) is 12.0. The van der Waals surface area contributed by atoms with Crippen LogP contribution in [0.15, 0.2) is 12.3 Å². The van der Waals surface area contributed by atoms with Crippen molar-refractivity contribution < 1.29 is 9.90 Å². The fourth-order valence-corrected chi connectivity index (χ4v) is 2.66. The Morgan fingerprint density at radius 1 is 1.48 bits per heavy atom. The molecular formula is C14H17N5O2. The van der Waals surface area contributed by atoms with E-state index >= 15 is 0 Å². The summed E-state index contributed by atoms with van der Waals surface area (Å²) in [5.74, 6) is 1.23. The van der Waals surface area contributed by atoms with Gasteiger partial charge in [-0.05, 0) is 19.4 Å². The maximum atomic E-state index is 11.1. The van der Waals surface area contributed by atoms with Crippen molar-refractivity contribution in [3.8, 4) is 5.88 Å². The predicted octanol–water partition coefficient (Wildman–Crippen LogP) is 0.754. The Morgan fingerprint density at radius 3 is 3.05 bits per heavy atom. The topological polar surface area (TPSA) is 91.2 Å². The first-order chi connectivity index (χ1) is 10.0. The van der Waals surface area contributed by atoms with Crippen molar-refractivity contribution in [2.24, 2.45) is 0 Å². The van der Waals surface area contributed by atoms with E-state index < -0.39 is 0 Å². The lowest BCUT2D eigenvalue weighted by Crippen LogP contribution is -2.35. The Bertz CT molecular complexity index is 703. The number of pyridine rings is 1. The molecule has 0 radical (unpaired) electrons. The lowest BCUT2D eigenvalue weighted by molar-refractivity contribution is -0.119. The molecule has 2 aromatic rings. The van der Waals surface area contributed by atoms with E-state index in [0.717, 1.165) is 18.8 Å². The maximum absolute atomic E-state index is 11.1. The number of hydrogen-bond acceptors (Lipinski definition) is 6. The molecule has 0 bridgehead atoms. The second kappa shape index (κ2) is 5.16. The number of aromatic nitrogens is 3. The van der Waals surface area contributed by atoms with E-state index in [-0.39, 0.29) is 17.8 Å². The molecule has 0 unspecified atom stereocenters. The molecule has 1 aliphatic rings. The quantitative estimate of drug-likeness (QED) is 0.847. The first kappa shape index (κ1) is 13.5. The normalized spacial score (nSPS) is 18.2. The van der Waals surface area contributed by atoms with Gasteiger partial charge in [-0.3, -0.25) is 4.79 Å². The molecule has 7 heteroatoms. The van der Waals surface area contributed by atoms with Crippen molar-refractivity contribution >= 4 is 22.6 Å². The number of rotatable bonds is 2. The van der Waals surface area contributed by atoms with Crippen LogP contribution in [0.5, 0.6) is 5.88 Å². The highest BCUT2D eigenvalue weighted by molar-refractivity contribution is 5.85. The van der Waals surface area contributed by atoms with Crippen LogP contribution in [0.4, 0.5) is 5.82 Å². The van der Waals surface area contributed by atoms with Crippen LogP contribution in [0.3, 0.4) is 0 Å². The van der Waals surface area contributed by atoms with Crippen LogP contribution in [-0.4, -0.2) is 45.1 Å². The number of carbonyl (C=O) groups excluding carboxylic acids is 1. The third kappa shape index (κ3) is 2.72. The van der Waals surface area contributed by atoms with Gasteiger partial charge in [0.05, 0.1) is 17.1 Å². The van der Waals surface area contributed by atoms with Crippen LogP contribution in [0.25, 0.3) is 10.9 Å². The summed E-state index contributed by atoms with van der Waals surface area (Å²) >= 11 is 0. The molecule has 1 amide bonds. The van der Waals surface area contributed by atoms with Gasteiger partial charge >= 0.3 is 0 Å². The minimum atomic E-state index is -0.0289. The van der Waals surface area contributed by atoms with Crippen LogP contribution in [0.1, 0.15) is 19.2 Å². The summed E-state index contributed by atoms with van der Waals surface area (Å²) in [5, 5.41) is 13.4. The Balaban J connectivity index is 1.87. The zero-order valence-corrected chi connectivity index (χ0v) is 12.0. The van der Waals surface area contributed by atoms with Crippen molar-refractivity contribution in [1.82, 2.24) is 20.3 Å². The Labute approximate surface area is 122 Å². The number of amides is 1. The number of fused-ring (bicyclic) bond motifs is 1. The van der Waals surface area contributed by atoms with Gasteiger partial charge in [-0.15, -0.1) is 0 Å². The smallest absolute Gasteiger partial charge is 0.222 e. The molecule has 0 saturated carbocycles. The maximum Gasteiger partial charge on any atom is 0.222 e. The average Bonchev–Trinajstić information content (AvgIpc) is 2.86. The van der Waals surface area contributed by atoms with Gasteiger partial charge in [0.15, 0.2) is 0 Å². The van der Waals surface area contributed by atoms with Crippen LogP contribution >= 0.6 is 0 Å². The van der Waals surface area contributed by atoms with Crippen LogP contribution in [-0.2, 0) is 4.79 Å². The van der Waals surface area contributed by atoms with Gasteiger partial charge in [0, 0.05) is 26.1 Å². The standard InChI is InChI=1S/C14H17N5O2/c1-8-16-12-6-15-13(5-11(12)14(21)17-8)19-4-3-10(7-19)18-9(2)20/h5-6,10H,3-4,7H2,1-2H3,(H,18,20)(H,16,17,21)/t10-/m0/s1. The number of aryl methyl sites for hydroxylation is 1. The molecule has 1 fully saturated rings. The molecule has 0 aromatic carbocycles. The molecule has 2 aromatic heterocycles. The van der Waals surface area contributed by atoms with Gasteiger partial charge in [0.1, 0.15) is 11.6 Å². The molecule has 21 heavy (non-hydrogen) atoms. The summed E-state index contributed by atoms with van der Waals surface area (Å²) in [7, 11) is 0. The molecule has 0 spiro atoms. The largest absolute Gasteiger partial charge is 0.493 e. The van der Waals surface area contributed by atoms with Crippen molar-refractivity contribution in [2.45, 2.75) is 26.3 Å². The third-order valence-electron chi connectivity index (χ3n) is 3.58. The van der Waals surface area contributed by atoms with E-state index in [1.807, 2.05) is 0 Å². The SMILES string of the molecule is CC(=O)N[C@H]1CCN(c2cc3c(O)nc(C)nc3cn2)C1. The summed E-state index contributed by atoms with van der Waals surface area (Å²) < 4.78 is 0. The monoisotopic (exact) mass is 287 g/mol. The number of carbonyl (C=O) groups is 1. The number of hydrogen-bond donors (Lipinski definition) is 2. The van der Waals surface area contributed by atoms with Crippen molar-refractivity contribution in [3.63, 3.8) is 0 Å². The first-order valence-corrected chi connectivity index (χ1v) is 6.88. The zero-order chi connectivity index (χ0) is 15.0. The molecule has 3 rings (SSSR count). The van der Waals surface area contributed by atoms with E-state index in [4.69, 9.17) is 0 Å². The summed E-state index contributed by atoms with van der Waals surface area (Å²) in [6.45, 7) is 4.78. The van der Waals surface area contributed by atoms with Gasteiger partial charge in [0.2, 0.25) is 11.8 Å². The second-order valence-electron chi connectivity index (χ2n) is 5.29. The minimum absolute atomic E-state index is 0.0187. The van der Waals surface area contributed by atoms with E-state index in [0.29, 0.717) is 23.3 Å². The minimum Gasteiger partial charge on any atom is -0.493 e. The highest BCUT2D eigenvalue weighted by atomic mass is 16.3. The van der Waals surface area contributed by atoms with Crippen LogP contribution in [0, 0.1) is 6.92 Å². The number of aromatic hydroxyl groups is 1. The third-order valence-corrected chi connectivity index (χ3v) is 3.58. The Hall–Kier alpha value is -2.44. The lowest BCUT2D eigenvalue weighted by atomic mass is 10.2. The molecule has 1 atom stereocenters. The predicted molar refractivity (Wildman–Crippen MR) is 78.2 cm³/mol. The number of anilines is 1. The molecule has 110 valence electrons. The van der Waals surface area contributed by atoms with Gasteiger partial charge < -0.3 is 15.3 Å². The van der Waals surface area contributed by atoms with Crippen LogP contribution < -0.4 is 10.2 Å². The molecule has 1 saturated heterocycles. The van der Waals surface area contributed by atoms with E-state index in [1.165, 1.54) is 6.92 Å². The van der Waals surface area contributed by atoms with Gasteiger partial charge in [-0.1, -0.05) is 0 Å². The molecule has 2 N–H and O–H groups in total. The summed E-state index contributed by atoms with van der Waals surface area (Å²) in [5.41, 5.74) is 0.626. The van der Waals surface area contributed by atoms with Crippen LogP contribution in [0.2, 0.25) is 0 Å². The summed E-state index contributed by atoms with van der Waals surface area (Å²) in [6, 6.07) is 1.93. The lowest BCUT2D eigenvalue weighted by Gasteiger charge is -2.18. The molecular weight excluding hydrogens is 270 g/mol. The fraction of sp³-hybridized carbons (Fsp3) is 0.429. The highest BCUT2D eigenvalue weighted by Crippen LogP contribution is 2.26. The fourth-order valence-electron chi connectivity index (χ4n) is 2.66. The van der Waals surface area contributed by atoms with Gasteiger partial charge in [0.25, 0.3) is 0 Å². The Kier molecular flexibility index (Phi) is 3.32. The molecule has 1 aliphatic heterocycles. The second-order valence-corrected chi connectivity index (χ2v) is 5.29. The number of nitrogens with one attached hydrogen (secondary N) is 1. The van der Waals surface area contributed by atoms with Gasteiger partial charge in [-0.2, -0.15) is 4.98 Å². The van der Waals surface area contributed by atoms with E-state index in [2.05, 4.69) is 25.2 Å². The van der Waals surface area contributed by atoms with Gasteiger partial charge in [-0.25, -0.2) is 9.97 Å². The summed E-state index contributed by atoms with van der Waals surface area (Å²) in [4.78, 5) is 25.8. The highest BCUT2D eigenvalue weighted by Gasteiger charge is 2.24. The molecule has 3 heterocycles. The van der Waals surface area contributed by atoms with Crippen molar-refractivity contribution in [3.05, 3.63) is 18.1 Å². The molecule has 0 aliphatic carbocycles. The number of nitrogens with zero attached hydrogens (tertiary/aromatic N) is 4. The van der Waals surface area contributed by atoms with Crippen molar-refractivity contribution in [1.29, 1.82) is 0 Å².